The molecular weight excluding hydrogens is 266 g/mol. The molecule has 0 radical (unpaired) electrons. The molecule has 3 heterocycles. The van der Waals surface area contributed by atoms with Crippen LogP contribution in [-0.4, -0.2) is 59.1 Å². The number of likely N-dealkylation sites (tertiary alicyclic amines) is 2. The molecule has 1 aromatic heterocycles. The zero-order chi connectivity index (χ0) is 14.9. The first-order valence-corrected chi connectivity index (χ1v) is 7.87. The third-order valence-electron chi connectivity index (χ3n) is 5.21. The standard InChI is InChI=1S/C15H25N5O/c1-19-7-2-3-15(4-8-19)5-9-20(10-6-15)14(21)12-11-13(16)18-17-12/h11H,2-10H2,1H3,(H3,16,17,18). The van der Waals surface area contributed by atoms with Gasteiger partial charge >= 0.3 is 0 Å². The number of nitrogens with one attached hydrogen (secondary N) is 1. The van der Waals surface area contributed by atoms with E-state index < -0.39 is 0 Å². The van der Waals surface area contributed by atoms with Crippen molar-refractivity contribution in [2.24, 2.45) is 5.41 Å². The Balaban J connectivity index is 1.61. The van der Waals surface area contributed by atoms with Gasteiger partial charge in [0.1, 0.15) is 11.5 Å². The Labute approximate surface area is 125 Å². The number of rotatable bonds is 1. The van der Waals surface area contributed by atoms with Crippen LogP contribution < -0.4 is 5.73 Å². The van der Waals surface area contributed by atoms with Crippen LogP contribution in [0.3, 0.4) is 0 Å². The van der Waals surface area contributed by atoms with Crippen molar-refractivity contribution in [2.45, 2.75) is 32.1 Å². The molecule has 2 aliphatic rings. The largest absolute Gasteiger partial charge is 0.382 e. The summed E-state index contributed by atoms with van der Waals surface area (Å²) in [5.41, 5.74) is 6.53. The molecule has 1 amide bonds. The molecule has 6 heteroatoms. The predicted octanol–water partition coefficient (Wildman–Crippen LogP) is 1.33. The molecule has 2 saturated heterocycles. The number of carbonyl (C=O) groups is 1. The molecule has 3 rings (SSSR count). The second-order valence-corrected chi connectivity index (χ2v) is 6.66. The van der Waals surface area contributed by atoms with Gasteiger partial charge in [-0.15, -0.1) is 0 Å². The number of aromatic nitrogens is 2. The molecule has 6 nitrogen and oxygen atoms in total. The van der Waals surface area contributed by atoms with E-state index in [2.05, 4.69) is 22.1 Å². The fourth-order valence-electron chi connectivity index (χ4n) is 3.69. The van der Waals surface area contributed by atoms with Crippen LogP contribution in [0.15, 0.2) is 6.07 Å². The van der Waals surface area contributed by atoms with Crippen molar-refractivity contribution >= 4 is 11.7 Å². The van der Waals surface area contributed by atoms with Crippen LogP contribution in [0.5, 0.6) is 0 Å². The quantitative estimate of drug-likeness (QED) is 0.818. The Morgan fingerprint density at radius 2 is 1.95 bits per heavy atom. The lowest BCUT2D eigenvalue weighted by atomic mass is 9.73. The van der Waals surface area contributed by atoms with Crippen LogP contribution in [0.1, 0.15) is 42.6 Å². The van der Waals surface area contributed by atoms with Gasteiger partial charge < -0.3 is 15.5 Å². The summed E-state index contributed by atoms with van der Waals surface area (Å²) in [6, 6.07) is 1.62. The highest BCUT2D eigenvalue weighted by Crippen LogP contribution is 2.41. The molecule has 2 aliphatic heterocycles. The molecule has 2 fully saturated rings. The van der Waals surface area contributed by atoms with E-state index in [1.807, 2.05) is 4.90 Å². The Morgan fingerprint density at radius 1 is 1.24 bits per heavy atom. The maximum absolute atomic E-state index is 12.4. The lowest BCUT2D eigenvalue weighted by Gasteiger charge is -2.41. The molecule has 0 unspecified atom stereocenters. The number of amides is 1. The van der Waals surface area contributed by atoms with Crippen molar-refractivity contribution < 1.29 is 4.79 Å². The molecule has 1 spiro atoms. The Morgan fingerprint density at radius 3 is 2.62 bits per heavy atom. The second-order valence-electron chi connectivity index (χ2n) is 6.66. The molecule has 1 aromatic rings. The number of piperidine rings is 1. The zero-order valence-electron chi connectivity index (χ0n) is 12.8. The average Bonchev–Trinajstić information content (AvgIpc) is 2.84. The highest BCUT2D eigenvalue weighted by Gasteiger charge is 2.37. The van der Waals surface area contributed by atoms with E-state index in [0.29, 0.717) is 16.9 Å². The summed E-state index contributed by atoms with van der Waals surface area (Å²) in [7, 11) is 2.21. The average molecular weight is 291 g/mol. The SMILES string of the molecule is CN1CCCC2(CC1)CCN(C(=O)c1cc(N)n[nH]1)CC2. The Hall–Kier alpha value is -1.56. The van der Waals surface area contributed by atoms with E-state index in [9.17, 15) is 4.79 Å². The molecule has 0 bridgehead atoms. The minimum atomic E-state index is 0.0276. The number of nitrogens with zero attached hydrogens (tertiary/aromatic N) is 3. The first-order chi connectivity index (χ1) is 10.1. The van der Waals surface area contributed by atoms with Crippen LogP contribution in [0.25, 0.3) is 0 Å². The normalized spacial score (nSPS) is 23.2. The van der Waals surface area contributed by atoms with E-state index in [4.69, 9.17) is 5.73 Å². The predicted molar refractivity (Wildman–Crippen MR) is 81.9 cm³/mol. The third kappa shape index (κ3) is 3.05. The summed E-state index contributed by atoms with van der Waals surface area (Å²) in [6.45, 7) is 4.09. The van der Waals surface area contributed by atoms with Crippen LogP contribution >= 0.6 is 0 Å². The summed E-state index contributed by atoms with van der Waals surface area (Å²) < 4.78 is 0. The van der Waals surface area contributed by atoms with Gasteiger partial charge in [0.05, 0.1) is 0 Å². The van der Waals surface area contributed by atoms with Gasteiger partial charge in [0.15, 0.2) is 0 Å². The van der Waals surface area contributed by atoms with Crippen molar-refractivity contribution in [1.82, 2.24) is 20.0 Å². The van der Waals surface area contributed by atoms with Crippen molar-refractivity contribution in [3.8, 4) is 0 Å². The van der Waals surface area contributed by atoms with Gasteiger partial charge in [-0.3, -0.25) is 9.89 Å². The summed E-state index contributed by atoms with van der Waals surface area (Å²) in [4.78, 5) is 16.8. The van der Waals surface area contributed by atoms with Crippen molar-refractivity contribution in [3.05, 3.63) is 11.8 Å². The second kappa shape index (κ2) is 5.67. The number of nitrogens with two attached hydrogens (primary N) is 1. The topological polar surface area (TPSA) is 78.2 Å². The van der Waals surface area contributed by atoms with Crippen LogP contribution in [0, 0.1) is 5.41 Å². The maximum Gasteiger partial charge on any atom is 0.271 e. The van der Waals surface area contributed by atoms with Crippen molar-refractivity contribution in [1.29, 1.82) is 0 Å². The van der Waals surface area contributed by atoms with Gasteiger partial charge in [-0.2, -0.15) is 5.10 Å². The highest BCUT2D eigenvalue weighted by atomic mass is 16.2. The Kier molecular flexibility index (Phi) is 3.89. The fourth-order valence-corrected chi connectivity index (χ4v) is 3.69. The summed E-state index contributed by atoms with van der Waals surface area (Å²) in [5.74, 6) is 0.401. The van der Waals surface area contributed by atoms with Crippen molar-refractivity contribution in [2.75, 3.05) is 39.0 Å². The monoisotopic (exact) mass is 291 g/mol. The molecule has 0 aromatic carbocycles. The molecule has 116 valence electrons. The van der Waals surface area contributed by atoms with E-state index in [-0.39, 0.29) is 5.91 Å². The van der Waals surface area contributed by atoms with Gasteiger partial charge in [0, 0.05) is 19.2 Å². The first kappa shape index (κ1) is 14.4. The van der Waals surface area contributed by atoms with Crippen molar-refractivity contribution in [3.63, 3.8) is 0 Å². The van der Waals surface area contributed by atoms with Gasteiger partial charge in [-0.25, -0.2) is 0 Å². The molecule has 21 heavy (non-hydrogen) atoms. The van der Waals surface area contributed by atoms with Gasteiger partial charge in [-0.1, -0.05) is 0 Å². The summed E-state index contributed by atoms with van der Waals surface area (Å²) in [5, 5.41) is 6.55. The maximum atomic E-state index is 12.4. The van der Waals surface area contributed by atoms with Crippen LogP contribution in [0.2, 0.25) is 0 Å². The van der Waals surface area contributed by atoms with Gasteiger partial charge in [0.25, 0.3) is 5.91 Å². The van der Waals surface area contributed by atoms with E-state index in [1.165, 1.54) is 32.4 Å². The van der Waals surface area contributed by atoms with Crippen LogP contribution in [0.4, 0.5) is 5.82 Å². The number of H-pyrrole nitrogens is 1. The number of nitrogen functional groups attached to an aromatic ring is 1. The number of anilines is 1. The van der Waals surface area contributed by atoms with E-state index in [1.54, 1.807) is 6.07 Å². The molecular formula is C15H25N5O. The molecule has 0 saturated carbocycles. The van der Waals surface area contributed by atoms with E-state index >= 15 is 0 Å². The summed E-state index contributed by atoms with van der Waals surface area (Å²) in [6.07, 6.45) is 6.09. The number of carbonyl (C=O) groups excluding carboxylic acids is 1. The van der Waals surface area contributed by atoms with Gasteiger partial charge in [0.2, 0.25) is 0 Å². The first-order valence-electron chi connectivity index (χ1n) is 7.87. The Bertz CT molecular complexity index is 504. The zero-order valence-corrected chi connectivity index (χ0v) is 12.8. The lowest BCUT2D eigenvalue weighted by Crippen LogP contribution is -2.43. The summed E-state index contributed by atoms with van der Waals surface area (Å²) >= 11 is 0. The lowest BCUT2D eigenvalue weighted by molar-refractivity contribution is 0.0537. The molecule has 3 N–H and O–H groups in total. The molecule has 0 aliphatic carbocycles. The molecule has 0 atom stereocenters. The minimum absolute atomic E-state index is 0.0276. The van der Waals surface area contributed by atoms with Gasteiger partial charge in [-0.05, 0) is 57.7 Å². The fraction of sp³-hybridized carbons (Fsp3) is 0.733. The number of hydrogen-bond donors (Lipinski definition) is 2. The minimum Gasteiger partial charge on any atom is -0.382 e. The smallest absolute Gasteiger partial charge is 0.271 e. The highest BCUT2D eigenvalue weighted by molar-refractivity contribution is 5.93. The third-order valence-corrected chi connectivity index (χ3v) is 5.21. The number of aromatic amines is 1. The van der Waals surface area contributed by atoms with E-state index in [0.717, 1.165) is 25.9 Å². The van der Waals surface area contributed by atoms with Crippen LogP contribution in [-0.2, 0) is 0 Å². The number of hydrogen-bond acceptors (Lipinski definition) is 4.